The maximum Gasteiger partial charge on any atom is 0.325 e. The van der Waals surface area contributed by atoms with Crippen LogP contribution in [0, 0.1) is 0 Å². The van der Waals surface area contributed by atoms with Gasteiger partial charge in [-0.3, -0.25) is 14.5 Å². The Kier molecular flexibility index (Phi) is 6.21. The lowest BCUT2D eigenvalue weighted by atomic mass is 9.84. The molecule has 2 N–H and O–H groups in total. The summed E-state index contributed by atoms with van der Waals surface area (Å²) in [6, 6.07) is 15.8. The largest absolute Gasteiger partial charge is 0.457 e. The fraction of sp³-hybridized carbons (Fsp3) is 0.375. The number of ether oxygens (including phenoxy) is 1. The maximum absolute atomic E-state index is 13.0. The first-order valence-corrected chi connectivity index (χ1v) is 10.8. The summed E-state index contributed by atoms with van der Waals surface area (Å²) >= 11 is 0. The highest BCUT2D eigenvalue weighted by molar-refractivity contribution is 6.10. The Bertz CT molecular complexity index is 952. The zero-order chi connectivity index (χ0) is 21.7. The van der Waals surface area contributed by atoms with Crippen molar-refractivity contribution in [1.82, 2.24) is 10.2 Å². The number of imide groups is 1. The molecule has 0 radical (unpaired) electrons. The molecule has 1 saturated carbocycles. The summed E-state index contributed by atoms with van der Waals surface area (Å²) in [4.78, 5) is 39.2. The first kappa shape index (κ1) is 20.9. The van der Waals surface area contributed by atoms with E-state index in [-0.39, 0.29) is 12.5 Å². The van der Waals surface area contributed by atoms with Crippen LogP contribution in [0.1, 0.15) is 44.9 Å². The lowest BCUT2D eigenvalue weighted by Crippen LogP contribution is -2.47. The molecule has 0 aromatic heterocycles. The van der Waals surface area contributed by atoms with Crippen molar-refractivity contribution in [1.29, 1.82) is 0 Å². The summed E-state index contributed by atoms with van der Waals surface area (Å²) in [5, 5.41) is 5.64. The molecule has 1 saturated heterocycles. The van der Waals surface area contributed by atoms with E-state index in [1.165, 1.54) is 0 Å². The SMILES string of the molecule is O=C(CN1C(=O)NC2(CCCCCCC2)C1=O)Nc1cccc(Oc2ccccc2)c1. The van der Waals surface area contributed by atoms with Gasteiger partial charge in [-0.05, 0) is 37.1 Å². The van der Waals surface area contributed by atoms with E-state index >= 15 is 0 Å². The molecule has 1 aliphatic heterocycles. The van der Waals surface area contributed by atoms with E-state index in [0.717, 1.165) is 37.0 Å². The normalized spacial score (nSPS) is 18.3. The monoisotopic (exact) mass is 421 g/mol. The lowest BCUT2D eigenvalue weighted by Gasteiger charge is -2.28. The molecule has 1 heterocycles. The van der Waals surface area contributed by atoms with E-state index in [4.69, 9.17) is 4.74 Å². The van der Waals surface area contributed by atoms with Gasteiger partial charge in [0.1, 0.15) is 23.6 Å². The van der Waals surface area contributed by atoms with E-state index in [9.17, 15) is 14.4 Å². The predicted octanol–water partition coefficient (Wildman–Crippen LogP) is 4.45. The number of para-hydroxylation sites is 1. The number of hydrogen-bond acceptors (Lipinski definition) is 4. The van der Waals surface area contributed by atoms with Crippen molar-refractivity contribution in [3.8, 4) is 11.5 Å². The predicted molar refractivity (Wildman–Crippen MR) is 117 cm³/mol. The maximum atomic E-state index is 13.0. The molecule has 1 spiro atoms. The van der Waals surface area contributed by atoms with Crippen molar-refractivity contribution < 1.29 is 19.1 Å². The van der Waals surface area contributed by atoms with Crippen LogP contribution in [0.15, 0.2) is 54.6 Å². The van der Waals surface area contributed by atoms with E-state index in [1.807, 2.05) is 30.3 Å². The van der Waals surface area contributed by atoms with Crippen LogP contribution in [0.2, 0.25) is 0 Å². The first-order chi connectivity index (χ1) is 15.1. The van der Waals surface area contributed by atoms with Crippen molar-refractivity contribution in [2.45, 2.75) is 50.5 Å². The number of hydrogen-bond donors (Lipinski definition) is 2. The van der Waals surface area contributed by atoms with E-state index in [0.29, 0.717) is 30.0 Å². The van der Waals surface area contributed by atoms with Gasteiger partial charge in [0, 0.05) is 11.8 Å². The van der Waals surface area contributed by atoms with Crippen molar-refractivity contribution in [3.05, 3.63) is 54.6 Å². The van der Waals surface area contributed by atoms with Gasteiger partial charge in [-0.2, -0.15) is 0 Å². The molecule has 0 bridgehead atoms. The Morgan fingerprint density at radius 3 is 2.35 bits per heavy atom. The second-order valence-electron chi connectivity index (χ2n) is 8.16. The Hall–Kier alpha value is -3.35. The molecular weight excluding hydrogens is 394 g/mol. The van der Waals surface area contributed by atoms with Crippen molar-refractivity contribution in [2.24, 2.45) is 0 Å². The van der Waals surface area contributed by atoms with Gasteiger partial charge in [0.2, 0.25) is 5.91 Å². The molecule has 4 amide bonds. The Morgan fingerprint density at radius 1 is 0.935 bits per heavy atom. The number of carbonyl (C=O) groups excluding carboxylic acids is 3. The van der Waals surface area contributed by atoms with Gasteiger partial charge < -0.3 is 15.4 Å². The highest BCUT2D eigenvalue weighted by atomic mass is 16.5. The lowest BCUT2D eigenvalue weighted by molar-refractivity contribution is -0.134. The van der Waals surface area contributed by atoms with Gasteiger partial charge >= 0.3 is 6.03 Å². The van der Waals surface area contributed by atoms with Gasteiger partial charge in [0.05, 0.1) is 0 Å². The molecule has 2 fully saturated rings. The molecule has 4 rings (SSSR count). The van der Waals surface area contributed by atoms with Crippen LogP contribution in [0.25, 0.3) is 0 Å². The third-order valence-electron chi connectivity index (χ3n) is 5.85. The van der Waals surface area contributed by atoms with Crippen LogP contribution in [-0.4, -0.2) is 34.8 Å². The molecule has 162 valence electrons. The average Bonchev–Trinajstić information content (AvgIpc) is 2.97. The topological polar surface area (TPSA) is 87.7 Å². The summed E-state index contributed by atoms with van der Waals surface area (Å²) in [5.41, 5.74) is -0.313. The first-order valence-electron chi connectivity index (χ1n) is 10.8. The number of anilines is 1. The van der Waals surface area contributed by atoms with Crippen LogP contribution >= 0.6 is 0 Å². The number of carbonyl (C=O) groups is 3. The number of nitrogens with zero attached hydrogens (tertiary/aromatic N) is 1. The van der Waals surface area contributed by atoms with Gasteiger partial charge in [-0.1, -0.05) is 56.4 Å². The molecule has 0 unspecified atom stereocenters. The van der Waals surface area contributed by atoms with Crippen LogP contribution in [0.4, 0.5) is 10.5 Å². The third kappa shape index (κ3) is 4.87. The zero-order valence-electron chi connectivity index (χ0n) is 17.4. The molecule has 7 heteroatoms. The Labute approximate surface area is 181 Å². The number of rotatable bonds is 5. The Morgan fingerprint density at radius 2 is 1.61 bits per heavy atom. The third-order valence-corrected chi connectivity index (χ3v) is 5.85. The molecule has 2 aliphatic rings. The van der Waals surface area contributed by atoms with Crippen molar-refractivity contribution >= 4 is 23.5 Å². The van der Waals surface area contributed by atoms with Crippen molar-refractivity contribution in [2.75, 3.05) is 11.9 Å². The second-order valence-corrected chi connectivity index (χ2v) is 8.16. The number of benzene rings is 2. The number of nitrogens with one attached hydrogen (secondary N) is 2. The van der Waals surface area contributed by atoms with E-state index < -0.39 is 17.5 Å². The minimum absolute atomic E-state index is 0.282. The van der Waals surface area contributed by atoms with Crippen LogP contribution in [-0.2, 0) is 9.59 Å². The van der Waals surface area contributed by atoms with Gasteiger partial charge in [0.15, 0.2) is 0 Å². The number of urea groups is 1. The summed E-state index contributed by atoms with van der Waals surface area (Å²) in [6.07, 6.45) is 6.36. The summed E-state index contributed by atoms with van der Waals surface area (Å²) < 4.78 is 5.79. The highest BCUT2D eigenvalue weighted by Gasteiger charge is 2.50. The van der Waals surface area contributed by atoms with Crippen LogP contribution < -0.4 is 15.4 Å². The molecular formula is C24H27N3O4. The van der Waals surface area contributed by atoms with Crippen LogP contribution in [0.5, 0.6) is 11.5 Å². The van der Waals surface area contributed by atoms with E-state index in [1.54, 1.807) is 24.3 Å². The second kappa shape index (κ2) is 9.20. The molecule has 0 atom stereocenters. The fourth-order valence-corrected chi connectivity index (χ4v) is 4.27. The van der Waals surface area contributed by atoms with Crippen molar-refractivity contribution in [3.63, 3.8) is 0 Å². The summed E-state index contributed by atoms with van der Waals surface area (Å²) in [6.45, 7) is -0.309. The summed E-state index contributed by atoms with van der Waals surface area (Å²) in [7, 11) is 0. The van der Waals surface area contributed by atoms with Gasteiger partial charge in [0.25, 0.3) is 5.91 Å². The minimum atomic E-state index is -0.846. The highest BCUT2D eigenvalue weighted by Crippen LogP contribution is 2.32. The fourth-order valence-electron chi connectivity index (χ4n) is 4.27. The molecule has 2 aromatic rings. The van der Waals surface area contributed by atoms with Crippen LogP contribution in [0.3, 0.4) is 0 Å². The standard InChI is InChI=1S/C24H27N3O4/c28-21(25-18-10-9-13-20(16-18)31-19-11-5-4-6-12-19)17-27-22(29)24(26-23(27)30)14-7-2-1-3-8-15-24/h4-6,9-13,16H,1-3,7-8,14-15,17H2,(H,25,28)(H,26,30). The zero-order valence-corrected chi connectivity index (χ0v) is 17.4. The summed E-state index contributed by atoms with van der Waals surface area (Å²) in [5.74, 6) is 0.557. The van der Waals surface area contributed by atoms with Gasteiger partial charge in [-0.15, -0.1) is 0 Å². The Balaban J connectivity index is 1.39. The van der Waals surface area contributed by atoms with E-state index in [2.05, 4.69) is 10.6 Å². The minimum Gasteiger partial charge on any atom is -0.457 e. The molecule has 7 nitrogen and oxygen atoms in total. The average molecular weight is 421 g/mol. The van der Waals surface area contributed by atoms with Gasteiger partial charge in [-0.25, -0.2) is 4.79 Å². The molecule has 1 aliphatic carbocycles. The number of amides is 4. The quantitative estimate of drug-likeness (QED) is 0.698. The smallest absolute Gasteiger partial charge is 0.325 e. The molecule has 31 heavy (non-hydrogen) atoms. The molecule has 2 aromatic carbocycles.